The number of hydrogen-bond donors (Lipinski definition) is 2. The molecule has 0 aliphatic carbocycles. The van der Waals surface area contributed by atoms with Crippen molar-refractivity contribution in [2.24, 2.45) is 0 Å². The minimum Gasteiger partial charge on any atom is -0.395 e. The van der Waals surface area contributed by atoms with Crippen LogP contribution in [0.15, 0.2) is 91.7 Å². The molecule has 0 radical (unpaired) electrons. The van der Waals surface area contributed by atoms with Crippen molar-refractivity contribution in [1.29, 1.82) is 0 Å². The molecule has 0 bridgehead atoms. The van der Waals surface area contributed by atoms with Gasteiger partial charge >= 0.3 is 0 Å². The predicted octanol–water partition coefficient (Wildman–Crippen LogP) is 3.45. The average molecular weight is 478 g/mol. The molecule has 7 heteroatoms. The molecule has 4 heterocycles. The minimum absolute atomic E-state index is 0.0333. The van der Waals surface area contributed by atoms with E-state index in [-0.39, 0.29) is 12.5 Å². The number of aliphatic hydroxyl groups is 1. The number of aliphatic hydroxyl groups excluding tert-OH is 1. The number of nitrogens with zero attached hydrogens (tertiary/aromatic N) is 4. The Morgan fingerprint density at radius 1 is 1.06 bits per heavy atom. The molecule has 1 amide bonds. The molecule has 4 aromatic rings. The van der Waals surface area contributed by atoms with Gasteiger partial charge in [0.05, 0.1) is 24.7 Å². The van der Waals surface area contributed by atoms with Gasteiger partial charge in [-0.15, -0.1) is 0 Å². The first kappa shape index (κ1) is 22.2. The van der Waals surface area contributed by atoms with Gasteiger partial charge in [-0.05, 0) is 23.1 Å². The summed E-state index contributed by atoms with van der Waals surface area (Å²) in [4.78, 5) is 27.2. The van der Waals surface area contributed by atoms with E-state index in [1.165, 1.54) is 0 Å². The molecule has 2 aromatic carbocycles. The molecule has 0 unspecified atom stereocenters. The van der Waals surface area contributed by atoms with Gasteiger partial charge in [-0.1, -0.05) is 55.1 Å². The van der Waals surface area contributed by atoms with E-state index < -0.39 is 5.41 Å². The highest BCUT2D eigenvalue weighted by molar-refractivity contribution is 6.09. The highest BCUT2D eigenvalue weighted by Crippen LogP contribution is 2.48. The van der Waals surface area contributed by atoms with Crippen LogP contribution in [0.1, 0.15) is 11.3 Å². The Hall–Kier alpha value is -4.23. The lowest BCUT2D eigenvalue weighted by atomic mass is 9.74. The Labute approximate surface area is 209 Å². The summed E-state index contributed by atoms with van der Waals surface area (Å²) in [5.74, 6) is 0.815. The van der Waals surface area contributed by atoms with Crippen molar-refractivity contribution < 1.29 is 9.90 Å². The van der Waals surface area contributed by atoms with E-state index in [4.69, 9.17) is 10.1 Å². The van der Waals surface area contributed by atoms with Gasteiger partial charge < -0.3 is 20.2 Å². The molecule has 1 spiro atoms. The van der Waals surface area contributed by atoms with E-state index in [0.717, 1.165) is 44.7 Å². The van der Waals surface area contributed by atoms with Crippen LogP contribution in [0.4, 0.5) is 5.69 Å². The third kappa shape index (κ3) is 3.43. The first-order valence-electron chi connectivity index (χ1n) is 12.1. The number of pyridine rings is 2. The van der Waals surface area contributed by atoms with E-state index in [9.17, 15) is 4.79 Å². The second-order valence-electron chi connectivity index (χ2n) is 9.35. The monoisotopic (exact) mass is 477 g/mol. The van der Waals surface area contributed by atoms with E-state index in [2.05, 4.69) is 40.0 Å². The summed E-state index contributed by atoms with van der Waals surface area (Å²) in [6.45, 7) is 6.02. The largest absolute Gasteiger partial charge is 0.395 e. The van der Waals surface area contributed by atoms with Crippen molar-refractivity contribution >= 4 is 22.4 Å². The second kappa shape index (κ2) is 8.77. The number of para-hydroxylation sites is 1. The Morgan fingerprint density at radius 3 is 2.67 bits per heavy atom. The van der Waals surface area contributed by atoms with Crippen molar-refractivity contribution in [3.05, 3.63) is 103 Å². The molecule has 6 rings (SSSR count). The Kier molecular flexibility index (Phi) is 5.42. The van der Waals surface area contributed by atoms with E-state index >= 15 is 0 Å². The number of carbonyl (C=O) groups is 1. The van der Waals surface area contributed by atoms with Gasteiger partial charge in [0.2, 0.25) is 5.91 Å². The topological polar surface area (TPSA) is 81.6 Å². The normalized spacial score (nSPS) is 15.8. The number of aromatic nitrogens is 2. The lowest BCUT2D eigenvalue weighted by Crippen LogP contribution is -2.64. The SMILES string of the molecule is C=C(NCCO)N1CC2(C1)C(=O)N(Cc1ncc3ccccc3c1-c1cccnc1)c1ccccc12. The van der Waals surface area contributed by atoms with Gasteiger partial charge in [-0.2, -0.15) is 0 Å². The minimum atomic E-state index is -0.605. The van der Waals surface area contributed by atoms with Crippen LogP contribution < -0.4 is 10.2 Å². The molecule has 1 fully saturated rings. The van der Waals surface area contributed by atoms with Gasteiger partial charge in [0.25, 0.3) is 0 Å². The lowest BCUT2D eigenvalue weighted by molar-refractivity contribution is -0.128. The first-order valence-corrected chi connectivity index (χ1v) is 12.1. The fourth-order valence-corrected chi connectivity index (χ4v) is 5.47. The third-order valence-corrected chi connectivity index (χ3v) is 7.25. The summed E-state index contributed by atoms with van der Waals surface area (Å²) in [5.41, 5.74) is 4.20. The van der Waals surface area contributed by atoms with E-state index in [0.29, 0.717) is 26.2 Å². The van der Waals surface area contributed by atoms with Crippen LogP contribution in [0, 0.1) is 0 Å². The number of benzene rings is 2. The third-order valence-electron chi connectivity index (χ3n) is 7.25. The second-order valence-corrected chi connectivity index (χ2v) is 9.35. The van der Waals surface area contributed by atoms with Crippen molar-refractivity contribution in [1.82, 2.24) is 20.2 Å². The maximum Gasteiger partial charge on any atom is 0.241 e. The zero-order valence-electron chi connectivity index (χ0n) is 19.9. The number of nitrogens with one attached hydrogen (secondary N) is 1. The number of anilines is 1. The number of rotatable bonds is 7. The molecule has 2 aliphatic rings. The van der Waals surface area contributed by atoms with Crippen LogP contribution >= 0.6 is 0 Å². The molecule has 180 valence electrons. The summed E-state index contributed by atoms with van der Waals surface area (Å²) in [5, 5.41) is 14.4. The maximum absolute atomic E-state index is 14.0. The summed E-state index contributed by atoms with van der Waals surface area (Å²) < 4.78 is 0. The number of hydrogen-bond acceptors (Lipinski definition) is 6. The molecule has 7 nitrogen and oxygen atoms in total. The quantitative estimate of drug-likeness (QED) is 0.424. The van der Waals surface area contributed by atoms with Crippen molar-refractivity contribution in [2.75, 3.05) is 31.1 Å². The Balaban J connectivity index is 1.38. The smallest absolute Gasteiger partial charge is 0.241 e. The van der Waals surface area contributed by atoms with Crippen LogP contribution in [-0.4, -0.2) is 52.1 Å². The first-order chi connectivity index (χ1) is 17.6. The molecule has 36 heavy (non-hydrogen) atoms. The fourth-order valence-electron chi connectivity index (χ4n) is 5.47. The standard InChI is InChI=1S/C29H27N5O2/c1-20(31-13-14-35)33-18-29(19-33)24-10-4-5-11-26(24)34(28(29)36)17-25-27(22-8-6-12-30-15-22)23-9-3-2-7-21(23)16-32-25/h2-12,15-16,31,35H,1,13-14,17-19H2. The lowest BCUT2D eigenvalue weighted by Gasteiger charge is -2.48. The molecule has 2 aromatic heterocycles. The van der Waals surface area contributed by atoms with Crippen molar-refractivity contribution in [2.45, 2.75) is 12.0 Å². The Bertz CT molecular complexity index is 1460. The van der Waals surface area contributed by atoms with Gasteiger partial charge in [-0.3, -0.25) is 14.8 Å². The maximum atomic E-state index is 14.0. The van der Waals surface area contributed by atoms with Crippen LogP contribution in [-0.2, 0) is 16.8 Å². The van der Waals surface area contributed by atoms with Gasteiger partial charge in [0.15, 0.2) is 0 Å². The van der Waals surface area contributed by atoms with Gasteiger partial charge in [0.1, 0.15) is 5.41 Å². The van der Waals surface area contributed by atoms with Crippen LogP contribution in [0.5, 0.6) is 0 Å². The Morgan fingerprint density at radius 2 is 1.86 bits per heavy atom. The molecule has 2 N–H and O–H groups in total. The van der Waals surface area contributed by atoms with Crippen LogP contribution in [0.2, 0.25) is 0 Å². The van der Waals surface area contributed by atoms with Crippen molar-refractivity contribution in [3.8, 4) is 11.1 Å². The zero-order chi connectivity index (χ0) is 24.7. The molecule has 1 saturated heterocycles. The fraction of sp³-hybridized carbons (Fsp3) is 0.207. The highest BCUT2D eigenvalue weighted by atomic mass is 16.3. The highest BCUT2D eigenvalue weighted by Gasteiger charge is 2.58. The predicted molar refractivity (Wildman–Crippen MR) is 140 cm³/mol. The summed E-state index contributed by atoms with van der Waals surface area (Å²) in [6, 6.07) is 20.2. The molecular formula is C29H27N5O2. The van der Waals surface area contributed by atoms with E-state index in [1.54, 1.807) is 6.20 Å². The summed E-state index contributed by atoms with van der Waals surface area (Å²) >= 11 is 0. The number of fused-ring (bicyclic) bond motifs is 3. The molecule has 0 saturated carbocycles. The molecular weight excluding hydrogens is 450 g/mol. The summed E-state index contributed by atoms with van der Waals surface area (Å²) in [6.07, 6.45) is 5.50. The van der Waals surface area contributed by atoms with Gasteiger partial charge in [-0.25, -0.2) is 0 Å². The van der Waals surface area contributed by atoms with E-state index in [1.807, 2.05) is 59.8 Å². The zero-order valence-corrected chi connectivity index (χ0v) is 19.9. The molecule has 0 atom stereocenters. The number of likely N-dealkylation sites (tertiary alicyclic amines) is 1. The molecule has 2 aliphatic heterocycles. The van der Waals surface area contributed by atoms with Crippen molar-refractivity contribution in [3.63, 3.8) is 0 Å². The van der Waals surface area contributed by atoms with Crippen LogP contribution in [0.3, 0.4) is 0 Å². The number of carbonyl (C=O) groups excluding carboxylic acids is 1. The average Bonchev–Trinajstić information content (AvgIpc) is 3.14. The van der Waals surface area contributed by atoms with Gasteiger partial charge in [0, 0.05) is 60.4 Å². The summed E-state index contributed by atoms with van der Waals surface area (Å²) in [7, 11) is 0. The van der Waals surface area contributed by atoms with Crippen LogP contribution in [0.25, 0.3) is 21.9 Å². The number of amides is 1.